The lowest BCUT2D eigenvalue weighted by atomic mass is 10.2. The first-order valence-corrected chi connectivity index (χ1v) is 7.06. The smallest absolute Gasteiger partial charge is 0.255 e. The van der Waals surface area contributed by atoms with E-state index in [4.69, 9.17) is 11.6 Å². The minimum absolute atomic E-state index is 0. The van der Waals surface area contributed by atoms with E-state index in [1.807, 2.05) is 0 Å². The second-order valence-electron chi connectivity index (χ2n) is 4.89. The second kappa shape index (κ2) is 8.31. The molecule has 1 N–H and O–H groups in total. The summed E-state index contributed by atoms with van der Waals surface area (Å²) in [6, 6.07) is 4.05. The molecule has 0 saturated carbocycles. The Morgan fingerprint density at radius 2 is 2.00 bits per heavy atom. The van der Waals surface area contributed by atoms with Crippen molar-refractivity contribution in [3.8, 4) is 0 Å². The molecule has 0 aliphatic carbocycles. The first-order valence-electron chi connectivity index (χ1n) is 6.68. The van der Waals surface area contributed by atoms with E-state index in [0.29, 0.717) is 13.1 Å². The third kappa shape index (κ3) is 4.32. The van der Waals surface area contributed by atoms with Crippen LogP contribution in [0, 0.1) is 5.82 Å². The Balaban J connectivity index is 0.00000242. The molecule has 122 valence electrons. The van der Waals surface area contributed by atoms with Crippen LogP contribution in [0.25, 0.3) is 0 Å². The van der Waals surface area contributed by atoms with Crippen molar-refractivity contribution < 1.29 is 14.0 Å². The molecule has 8 heteroatoms. The Morgan fingerprint density at radius 3 is 2.64 bits per heavy atom. The van der Waals surface area contributed by atoms with E-state index < -0.39 is 11.7 Å². The van der Waals surface area contributed by atoms with Crippen LogP contribution in [-0.4, -0.2) is 61.4 Å². The van der Waals surface area contributed by atoms with Crippen molar-refractivity contribution in [2.24, 2.45) is 0 Å². The third-order valence-electron chi connectivity index (χ3n) is 3.37. The molecule has 0 aromatic heterocycles. The molecule has 0 radical (unpaired) electrons. The summed E-state index contributed by atoms with van der Waals surface area (Å²) in [5, 5.41) is 2.93. The second-order valence-corrected chi connectivity index (χ2v) is 5.27. The Kier molecular flexibility index (Phi) is 7.06. The van der Waals surface area contributed by atoms with Crippen molar-refractivity contribution in [3.63, 3.8) is 0 Å². The molecule has 5 nitrogen and oxygen atoms in total. The zero-order chi connectivity index (χ0) is 15.4. The van der Waals surface area contributed by atoms with Gasteiger partial charge in [0.2, 0.25) is 5.91 Å². The molecule has 1 heterocycles. The SMILES string of the molecule is CN(CC(=O)N1CCNCC1)C(=O)c1cccc(F)c1Cl.Cl. The highest BCUT2D eigenvalue weighted by atomic mass is 35.5. The minimum atomic E-state index is -0.649. The summed E-state index contributed by atoms with van der Waals surface area (Å²) < 4.78 is 13.4. The maximum Gasteiger partial charge on any atom is 0.255 e. The lowest BCUT2D eigenvalue weighted by molar-refractivity contribution is -0.132. The van der Waals surface area contributed by atoms with Gasteiger partial charge in [-0.3, -0.25) is 9.59 Å². The van der Waals surface area contributed by atoms with E-state index in [0.717, 1.165) is 13.1 Å². The number of rotatable bonds is 3. The molecule has 0 unspecified atom stereocenters. The quantitative estimate of drug-likeness (QED) is 0.897. The maximum absolute atomic E-state index is 13.4. The van der Waals surface area contributed by atoms with Crippen LogP contribution >= 0.6 is 24.0 Å². The predicted molar refractivity (Wildman–Crippen MR) is 85.1 cm³/mol. The molecule has 2 rings (SSSR count). The first-order chi connectivity index (χ1) is 10.0. The molecule has 0 spiro atoms. The summed E-state index contributed by atoms with van der Waals surface area (Å²) in [7, 11) is 1.50. The van der Waals surface area contributed by atoms with Crippen LogP contribution in [0.5, 0.6) is 0 Å². The van der Waals surface area contributed by atoms with Gasteiger partial charge in [0.25, 0.3) is 5.91 Å². The number of carbonyl (C=O) groups excluding carboxylic acids is 2. The number of likely N-dealkylation sites (N-methyl/N-ethyl adjacent to an activating group) is 1. The number of amides is 2. The lowest BCUT2D eigenvalue weighted by Gasteiger charge is -2.29. The summed E-state index contributed by atoms with van der Waals surface area (Å²) >= 11 is 5.79. The summed E-state index contributed by atoms with van der Waals surface area (Å²) in [5.41, 5.74) is 0.0623. The van der Waals surface area contributed by atoms with Crippen LogP contribution in [0.1, 0.15) is 10.4 Å². The normalized spacial score (nSPS) is 14.2. The Bertz CT molecular complexity index is 551. The number of hydrogen-bond acceptors (Lipinski definition) is 3. The Morgan fingerprint density at radius 1 is 1.36 bits per heavy atom. The largest absolute Gasteiger partial charge is 0.339 e. The number of piperazine rings is 1. The van der Waals surface area contributed by atoms with E-state index in [9.17, 15) is 14.0 Å². The van der Waals surface area contributed by atoms with Crippen molar-refractivity contribution in [2.75, 3.05) is 39.8 Å². The molecule has 1 fully saturated rings. The monoisotopic (exact) mass is 349 g/mol. The van der Waals surface area contributed by atoms with Gasteiger partial charge >= 0.3 is 0 Å². The van der Waals surface area contributed by atoms with Crippen molar-refractivity contribution in [1.29, 1.82) is 0 Å². The highest BCUT2D eigenvalue weighted by molar-refractivity contribution is 6.34. The Labute approximate surface area is 139 Å². The van der Waals surface area contributed by atoms with Crippen molar-refractivity contribution in [1.82, 2.24) is 15.1 Å². The lowest BCUT2D eigenvalue weighted by Crippen LogP contribution is -2.49. The number of nitrogens with one attached hydrogen (secondary N) is 1. The average molecular weight is 350 g/mol. The van der Waals surface area contributed by atoms with Crippen LogP contribution in [0.2, 0.25) is 5.02 Å². The van der Waals surface area contributed by atoms with Crippen molar-refractivity contribution in [3.05, 3.63) is 34.6 Å². The van der Waals surface area contributed by atoms with Crippen LogP contribution in [-0.2, 0) is 4.79 Å². The topological polar surface area (TPSA) is 52.7 Å². The summed E-state index contributed by atoms with van der Waals surface area (Å²) in [4.78, 5) is 27.3. The molecule has 0 bridgehead atoms. The summed E-state index contributed by atoms with van der Waals surface area (Å²) in [6.45, 7) is 2.70. The van der Waals surface area contributed by atoms with Crippen LogP contribution in [0.3, 0.4) is 0 Å². The molecule has 1 aromatic rings. The van der Waals surface area contributed by atoms with E-state index in [2.05, 4.69) is 5.32 Å². The first kappa shape index (κ1) is 18.7. The van der Waals surface area contributed by atoms with Gasteiger partial charge in [0.1, 0.15) is 5.82 Å². The molecular formula is C14H18Cl2FN3O2. The van der Waals surface area contributed by atoms with E-state index in [1.54, 1.807) is 4.90 Å². The number of carbonyl (C=O) groups is 2. The summed E-state index contributed by atoms with van der Waals surface area (Å²) in [5.74, 6) is -1.24. The zero-order valence-electron chi connectivity index (χ0n) is 12.1. The van der Waals surface area contributed by atoms with Gasteiger partial charge < -0.3 is 15.1 Å². The molecule has 1 aliphatic rings. The van der Waals surface area contributed by atoms with Gasteiger partial charge in [0.05, 0.1) is 17.1 Å². The van der Waals surface area contributed by atoms with Gasteiger partial charge in [0, 0.05) is 33.2 Å². The van der Waals surface area contributed by atoms with Crippen LogP contribution < -0.4 is 5.32 Å². The molecule has 2 amide bonds. The number of halogens is 3. The number of hydrogen-bond donors (Lipinski definition) is 1. The van der Waals surface area contributed by atoms with Gasteiger partial charge in [-0.25, -0.2) is 4.39 Å². The minimum Gasteiger partial charge on any atom is -0.339 e. The molecule has 22 heavy (non-hydrogen) atoms. The van der Waals surface area contributed by atoms with Gasteiger partial charge in [-0.15, -0.1) is 12.4 Å². The highest BCUT2D eigenvalue weighted by Gasteiger charge is 2.22. The summed E-state index contributed by atoms with van der Waals surface area (Å²) in [6.07, 6.45) is 0. The van der Waals surface area contributed by atoms with E-state index in [1.165, 1.54) is 30.1 Å². The molecule has 1 aliphatic heterocycles. The van der Waals surface area contributed by atoms with E-state index in [-0.39, 0.29) is 35.4 Å². The molecular weight excluding hydrogens is 332 g/mol. The standard InChI is InChI=1S/C14H17ClFN3O2.ClH/c1-18(9-12(20)19-7-5-17-6-8-19)14(21)10-3-2-4-11(16)13(10)15;/h2-4,17H,5-9H2,1H3;1H. The third-order valence-corrected chi connectivity index (χ3v) is 3.75. The Hall–Kier alpha value is -1.37. The predicted octanol–water partition coefficient (Wildman–Crippen LogP) is 1.40. The number of benzene rings is 1. The van der Waals surface area contributed by atoms with Crippen molar-refractivity contribution >= 4 is 35.8 Å². The van der Waals surface area contributed by atoms with Crippen LogP contribution in [0.4, 0.5) is 4.39 Å². The fourth-order valence-electron chi connectivity index (χ4n) is 2.16. The van der Waals surface area contributed by atoms with Crippen molar-refractivity contribution in [2.45, 2.75) is 0 Å². The fourth-order valence-corrected chi connectivity index (χ4v) is 2.37. The van der Waals surface area contributed by atoms with Gasteiger partial charge in [0.15, 0.2) is 0 Å². The zero-order valence-corrected chi connectivity index (χ0v) is 13.7. The van der Waals surface area contributed by atoms with E-state index >= 15 is 0 Å². The van der Waals surface area contributed by atoms with Crippen LogP contribution in [0.15, 0.2) is 18.2 Å². The van der Waals surface area contributed by atoms with Gasteiger partial charge in [-0.05, 0) is 12.1 Å². The average Bonchev–Trinajstić information content (AvgIpc) is 2.50. The molecule has 1 saturated heterocycles. The molecule has 0 atom stereocenters. The van der Waals surface area contributed by atoms with Gasteiger partial charge in [-0.2, -0.15) is 0 Å². The van der Waals surface area contributed by atoms with Gasteiger partial charge in [-0.1, -0.05) is 17.7 Å². The maximum atomic E-state index is 13.4. The fraction of sp³-hybridized carbons (Fsp3) is 0.429. The highest BCUT2D eigenvalue weighted by Crippen LogP contribution is 2.20. The number of nitrogens with zero attached hydrogens (tertiary/aromatic N) is 2. The molecule has 1 aromatic carbocycles.